The normalized spacial score (nSPS) is 24.4. The van der Waals surface area contributed by atoms with Crippen molar-refractivity contribution in [1.82, 2.24) is 10.2 Å². The van der Waals surface area contributed by atoms with Crippen LogP contribution in [0.15, 0.2) is 0 Å². The van der Waals surface area contributed by atoms with Crippen LogP contribution in [0.2, 0.25) is 0 Å². The first-order valence-corrected chi connectivity index (χ1v) is 6.48. The van der Waals surface area contributed by atoms with Gasteiger partial charge in [0.25, 0.3) is 0 Å². The first-order valence-electron chi connectivity index (χ1n) is 6.48. The standard InChI is InChI=1S/C13H28N2/c1-5-8-15-9-6-7-12(11-15)10-14-13(2,3)4/h12,14H,5-11H2,1-4H3. The summed E-state index contributed by atoms with van der Waals surface area (Å²) in [6, 6.07) is 0. The Balaban J connectivity index is 2.24. The summed E-state index contributed by atoms with van der Waals surface area (Å²) in [5.41, 5.74) is 0.271. The first-order chi connectivity index (χ1) is 7.01. The molecule has 0 saturated carbocycles. The number of hydrogen-bond acceptors (Lipinski definition) is 2. The predicted octanol–water partition coefficient (Wildman–Crippen LogP) is 2.50. The molecule has 90 valence electrons. The minimum absolute atomic E-state index is 0.271. The van der Waals surface area contributed by atoms with E-state index in [1.165, 1.54) is 45.4 Å². The van der Waals surface area contributed by atoms with Gasteiger partial charge in [-0.3, -0.25) is 0 Å². The Labute approximate surface area is 95.4 Å². The van der Waals surface area contributed by atoms with Gasteiger partial charge in [0.1, 0.15) is 0 Å². The third kappa shape index (κ3) is 5.53. The van der Waals surface area contributed by atoms with E-state index in [1.807, 2.05) is 0 Å². The second kappa shape index (κ2) is 5.86. The summed E-state index contributed by atoms with van der Waals surface area (Å²) >= 11 is 0. The highest BCUT2D eigenvalue weighted by atomic mass is 15.1. The lowest BCUT2D eigenvalue weighted by molar-refractivity contribution is 0.166. The Kier molecular flexibility index (Phi) is 5.07. The van der Waals surface area contributed by atoms with Crippen molar-refractivity contribution in [3.05, 3.63) is 0 Å². The van der Waals surface area contributed by atoms with Gasteiger partial charge in [0, 0.05) is 12.1 Å². The van der Waals surface area contributed by atoms with Gasteiger partial charge in [0.05, 0.1) is 0 Å². The smallest absolute Gasteiger partial charge is 0.00966 e. The molecule has 0 spiro atoms. The Morgan fingerprint density at radius 1 is 1.33 bits per heavy atom. The van der Waals surface area contributed by atoms with Crippen molar-refractivity contribution in [2.24, 2.45) is 5.92 Å². The molecule has 0 aromatic carbocycles. The molecule has 1 N–H and O–H groups in total. The summed E-state index contributed by atoms with van der Waals surface area (Å²) in [7, 11) is 0. The van der Waals surface area contributed by atoms with Crippen molar-refractivity contribution >= 4 is 0 Å². The number of likely N-dealkylation sites (tertiary alicyclic amines) is 1. The molecule has 1 unspecified atom stereocenters. The lowest BCUT2D eigenvalue weighted by atomic mass is 9.96. The second-order valence-corrected chi connectivity index (χ2v) is 5.94. The van der Waals surface area contributed by atoms with Crippen LogP contribution in [-0.4, -0.2) is 36.6 Å². The molecule has 1 atom stereocenters. The molecule has 1 rings (SSSR count). The fourth-order valence-electron chi connectivity index (χ4n) is 2.29. The zero-order valence-electron chi connectivity index (χ0n) is 11.0. The molecule has 1 fully saturated rings. The van der Waals surface area contributed by atoms with Gasteiger partial charge in [-0.15, -0.1) is 0 Å². The molecule has 1 aliphatic rings. The Morgan fingerprint density at radius 3 is 2.67 bits per heavy atom. The molecule has 0 radical (unpaired) electrons. The zero-order chi connectivity index (χ0) is 11.3. The van der Waals surface area contributed by atoms with E-state index in [0.717, 1.165) is 5.92 Å². The van der Waals surface area contributed by atoms with E-state index in [-0.39, 0.29) is 5.54 Å². The van der Waals surface area contributed by atoms with Crippen molar-refractivity contribution in [1.29, 1.82) is 0 Å². The van der Waals surface area contributed by atoms with E-state index < -0.39 is 0 Å². The van der Waals surface area contributed by atoms with Crippen molar-refractivity contribution in [3.8, 4) is 0 Å². The lowest BCUT2D eigenvalue weighted by Gasteiger charge is -2.34. The minimum Gasteiger partial charge on any atom is -0.312 e. The largest absolute Gasteiger partial charge is 0.312 e. The monoisotopic (exact) mass is 212 g/mol. The summed E-state index contributed by atoms with van der Waals surface area (Å²) in [6.07, 6.45) is 4.08. The Bertz CT molecular complexity index is 170. The third-order valence-electron chi connectivity index (χ3n) is 3.06. The van der Waals surface area contributed by atoms with Crippen LogP contribution < -0.4 is 5.32 Å². The van der Waals surface area contributed by atoms with E-state index in [2.05, 4.69) is 37.9 Å². The summed E-state index contributed by atoms with van der Waals surface area (Å²) in [5, 5.41) is 3.63. The van der Waals surface area contributed by atoms with Crippen LogP contribution in [0.25, 0.3) is 0 Å². The molecule has 1 aliphatic heterocycles. The summed E-state index contributed by atoms with van der Waals surface area (Å²) in [4.78, 5) is 2.62. The van der Waals surface area contributed by atoms with E-state index in [4.69, 9.17) is 0 Å². The molecule has 0 aliphatic carbocycles. The van der Waals surface area contributed by atoms with Crippen molar-refractivity contribution in [2.75, 3.05) is 26.2 Å². The van der Waals surface area contributed by atoms with Crippen molar-refractivity contribution < 1.29 is 0 Å². The highest BCUT2D eigenvalue weighted by Crippen LogP contribution is 2.16. The Hall–Kier alpha value is -0.0800. The fraction of sp³-hybridized carbons (Fsp3) is 1.00. The molecule has 1 heterocycles. The maximum Gasteiger partial charge on any atom is 0.00966 e. The lowest BCUT2D eigenvalue weighted by Crippen LogP contribution is -2.44. The van der Waals surface area contributed by atoms with Crippen LogP contribution in [0, 0.1) is 5.92 Å². The molecule has 2 nitrogen and oxygen atoms in total. The number of nitrogens with one attached hydrogen (secondary N) is 1. The molecular formula is C13H28N2. The molecule has 1 saturated heterocycles. The average molecular weight is 212 g/mol. The Morgan fingerprint density at radius 2 is 2.07 bits per heavy atom. The van der Waals surface area contributed by atoms with Gasteiger partial charge in [-0.2, -0.15) is 0 Å². The topological polar surface area (TPSA) is 15.3 Å². The van der Waals surface area contributed by atoms with Gasteiger partial charge in [-0.25, -0.2) is 0 Å². The van der Waals surface area contributed by atoms with Gasteiger partial charge in [0.2, 0.25) is 0 Å². The van der Waals surface area contributed by atoms with Crippen LogP contribution in [0.4, 0.5) is 0 Å². The van der Waals surface area contributed by atoms with Crippen LogP contribution in [0.1, 0.15) is 47.0 Å². The third-order valence-corrected chi connectivity index (χ3v) is 3.06. The van der Waals surface area contributed by atoms with Crippen molar-refractivity contribution in [3.63, 3.8) is 0 Å². The quantitative estimate of drug-likeness (QED) is 0.770. The van der Waals surface area contributed by atoms with E-state index in [9.17, 15) is 0 Å². The maximum absolute atomic E-state index is 3.63. The molecular weight excluding hydrogens is 184 g/mol. The fourth-order valence-corrected chi connectivity index (χ4v) is 2.29. The van der Waals surface area contributed by atoms with Gasteiger partial charge in [-0.1, -0.05) is 6.92 Å². The van der Waals surface area contributed by atoms with Crippen LogP contribution in [0.3, 0.4) is 0 Å². The summed E-state index contributed by atoms with van der Waals surface area (Å²) in [5.74, 6) is 0.865. The van der Waals surface area contributed by atoms with Gasteiger partial charge < -0.3 is 10.2 Å². The van der Waals surface area contributed by atoms with Crippen LogP contribution >= 0.6 is 0 Å². The second-order valence-electron chi connectivity index (χ2n) is 5.94. The first kappa shape index (κ1) is 13.0. The molecule has 15 heavy (non-hydrogen) atoms. The average Bonchev–Trinajstić information content (AvgIpc) is 2.15. The van der Waals surface area contributed by atoms with E-state index >= 15 is 0 Å². The molecule has 2 heteroatoms. The van der Waals surface area contributed by atoms with E-state index in [1.54, 1.807) is 0 Å². The minimum atomic E-state index is 0.271. The van der Waals surface area contributed by atoms with Gasteiger partial charge in [-0.05, 0) is 65.6 Å². The van der Waals surface area contributed by atoms with Crippen LogP contribution in [0.5, 0.6) is 0 Å². The predicted molar refractivity (Wildman–Crippen MR) is 67.2 cm³/mol. The number of nitrogens with zero attached hydrogens (tertiary/aromatic N) is 1. The maximum atomic E-state index is 3.63. The number of hydrogen-bond donors (Lipinski definition) is 1. The van der Waals surface area contributed by atoms with Crippen molar-refractivity contribution in [2.45, 2.75) is 52.5 Å². The molecule has 0 bridgehead atoms. The summed E-state index contributed by atoms with van der Waals surface area (Å²) in [6.45, 7) is 14.1. The summed E-state index contributed by atoms with van der Waals surface area (Å²) < 4.78 is 0. The van der Waals surface area contributed by atoms with Gasteiger partial charge in [0.15, 0.2) is 0 Å². The number of piperidine rings is 1. The van der Waals surface area contributed by atoms with Crippen LogP contribution in [-0.2, 0) is 0 Å². The highest BCUT2D eigenvalue weighted by Gasteiger charge is 2.20. The molecule has 0 amide bonds. The zero-order valence-corrected chi connectivity index (χ0v) is 11.0. The molecule has 0 aromatic heterocycles. The highest BCUT2D eigenvalue weighted by molar-refractivity contribution is 4.78. The number of rotatable bonds is 4. The van der Waals surface area contributed by atoms with Gasteiger partial charge >= 0.3 is 0 Å². The molecule has 0 aromatic rings. The SMILES string of the molecule is CCCN1CCCC(CNC(C)(C)C)C1. The van der Waals surface area contributed by atoms with E-state index in [0.29, 0.717) is 0 Å².